The van der Waals surface area contributed by atoms with Crippen molar-refractivity contribution in [1.82, 2.24) is 25.2 Å². The van der Waals surface area contributed by atoms with Crippen LogP contribution in [0.25, 0.3) is 11.0 Å². The molecule has 1 fully saturated rings. The maximum atomic E-state index is 14.6. The molecule has 5 heterocycles. The number of carbonyl (C=O) groups excluding carboxylic acids is 1. The van der Waals surface area contributed by atoms with Gasteiger partial charge in [-0.1, -0.05) is 11.6 Å². The highest BCUT2D eigenvalue weighted by atomic mass is 35.5. The van der Waals surface area contributed by atoms with Crippen molar-refractivity contribution in [2.75, 3.05) is 45.2 Å². The Morgan fingerprint density at radius 2 is 2.26 bits per heavy atom. The van der Waals surface area contributed by atoms with Crippen molar-refractivity contribution in [1.29, 1.82) is 0 Å². The normalized spacial score (nSPS) is 17.8. The summed E-state index contributed by atoms with van der Waals surface area (Å²) in [5.74, 6) is 1.22. The minimum atomic E-state index is -0.341. The fourth-order valence-electron chi connectivity index (χ4n) is 4.52. The van der Waals surface area contributed by atoms with Crippen molar-refractivity contribution < 1.29 is 18.7 Å². The Hall–Kier alpha value is -3.08. The van der Waals surface area contributed by atoms with E-state index in [0.29, 0.717) is 63.6 Å². The summed E-state index contributed by atoms with van der Waals surface area (Å²) >= 11 is 6.34. The number of nitrogens with zero attached hydrogens (tertiary/aromatic N) is 4. The third-order valence-corrected chi connectivity index (χ3v) is 6.68. The highest BCUT2D eigenvalue weighted by Crippen LogP contribution is 2.30. The largest absolute Gasteiger partial charge is 0.481 e. The number of rotatable bonds is 8. The monoisotopic (exact) mass is 500 g/mol. The van der Waals surface area contributed by atoms with Crippen LogP contribution in [-0.2, 0) is 17.8 Å². The molecule has 1 amide bonds. The lowest BCUT2D eigenvalue weighted by atomic mass is 10.1. The lowest BCUT2D eigenvalue weighted by Crippen LogP contribution is -2.29. The number of methoxy groups -OCH3 is 1. The Kier molecular flexibility index (Phi) is 6.94. The average molecular weight is 501 g/mol. The smallest absolute Gasteiger partial charge is 0.263 e. The molecule has 35 heavy (non-hydrogen) atoms. The Morgan fingerprint density at radius 3 is 3.11 bits per heavy atom. The van der Waals surface area contributed by atoms with Gasteiger partial charge in [-0.3, -0.25) is 9.78 Å². The van der Waals surface area contributed by atoms with Gasteiger partial charge in [-0.15, -0.1) is 0 Å². The van der Waals surface area contributed by atoms with Crippen LogP contribution in [0.4, 0.5) is 10.2 Å². The van der Waals surface area contributed by atoms with E-state index in [4.69, 9.17) is 21.1 Å². The third-order valence-electron chi connectivity index (χ3n) is 6.35. The van der Waals surface area contributed by atoms with Gasteiger partial charge in [-0.25, -0.2) is 14.4 Å². The van der Waals surface area contributed by atoms with Crippen LogP contribution in [0, 0.1) is 11.7 Å². The van der Waals surface area contributed by atoms with Crippen LogP contribution in [0.1, 0.15) is 17.7 Å². The van der Waals surface area contributed by atoms with E-state index in [1.54, 1.807) is 25.3 Å². The van der Waals surface area contributed by atoms with Gasteiger partial charge < -0.3 is 25.0 Å². The summed E-state index contributed by atoms with van der Waals surface area (Å²) in [6, 6.07) is 5.21. The molecular weight excluding hydrogens is 475 g/mol. The number of fused-ring (bicyclic) bond motifs is 2. The lowest BCUT2D eigenvalue weighted by molar-refractivity contribution is -0.118. The lowest BCUT2D eigenvalue weighted by Gasteiger charge is -2.19. The Morgan fingerprint density at radius 1 is 1.37 bits per heavy atom. The zero-order chi connectivity index (χ0) is 24.4. The number of anilines is 1. The zero-order valence-corrected chi connectivity index (χ0v) is 20.1. The molecule has 2 aliphatic heterocycles. The van der Waals surface area contributed by atoms with Gasteiger partial charge in [0.25, 0.3) is 5.91 Å². The summed E-state index contributed by atoms with van der Waals surface area (Å²) in [5, 5.41) is 6.62. The first-order valence-electron chi connectivity index (χ1n) is 11.5. The topological polar surface area (TPSA) is 102 Å². The summed E-state index contributed by atoms with van der Waals surface area (Å²) < 4.78 is 25.1. The van der Waals surface area contributed by atoms with Gasteiger partial charge in [0, 0.05) is 37.3 Å². The highest BCUT2D eigenvalue weighted by Gasteiger charge is 2.24. The van der Waals surface area contributed by atoms with Crippen molar-refractivity contribution in [3.8, 4) is 11.6 Å². The molecule has 1 atom stereocenters. The highest BCUT2D eigenvalue weighted by molar-refractivity contribution is 6.31. The number of ether oxygens (including phenoxy) is 2. The number of aromatic nitrogens is 3. The summed E-state index contributed by atoms with van der Waals surface area (Å²) in [4.78, 5) is 26.9. The standard InChI is InChI=1S/C24H26ClFN6O3/c1-34-22-3-2-18-23(31-22)15(17(26)10-28-18)5-7-32-6-4-14(12-32)9-27-11-19-16(25)8-20-24(29-19)30-21(33)13-35-20/h2-3,8,10,14,27H,4-7,9,11-13H2,1H3,(H,29,30,33)/t14-/m0/s1. The first-order chi connectivity index (χ1) is 17.0. The SMILES string of the molecule is COc1ccc2ncc(F)c(CCN3CC[C@@H](CNCc4nc5c(cc4Cl)OCC(=O)N5)C3)c2n1. The third kappa shape index (κ3) is 5.29. The Balaban J connectivity index is 1.14. The molecule has 2 N–H and O–H groups in total. The molecule has 0 aliphatic carbocycles. The van der Waals surface area contributed by atoms with Crippen LogP contribution in [-0.4, -0.2) is 65.7 Å². The molecule has 9 nitrogen and oxygen atoms in total. The van der Waals surface area contributed by atoms with Crippen LogP contribution in [0.3, 0.4) is 0 Å². The second-order valence-electron chi connectivity index (χ2n) is 8.74. The molecule has 1 saturated heterocycles. The molecule has 3 aromatic heterocycles. The molecule has 5 rings (SSSR count). The molecule has 11 heteroatoms. The van der Waals surface area contributed by atoms with E-state index >= 15 is 0 Å². The summed E-state index contributed by atoms with van der Waals surface area (Å²) in [5.41, 5.74) is 2.44. The van der Waals surface area contributed by atoms with Crippen LogP contribution >= 0.6 is 11.6 Å². The second kappa shape index (κ2) is 10.3. The summed E-state index contributed by atoms with van der Waals surface area (Å²) in [7, 11) is 1.54. The molecule has 2 aliphatic rings. The Bertz CT molecular complexity index is 1260. The average Bonchev–Trinajstić information content (AvgIpc) is 3.31. The van der Waals surface area contributed by atoms with E-state index in [2.05, 4.69) is 30.5 Å². The van der Waals surface area contributed by atoms with Gasteiger partial charge in [0.2, 0.25) is 5.88 Å². The van der Waals surface area contributed by atoms with Crippen LogP contribution in [0.15, 0.2) is 24.4 Å². The summed E-state index contributed by atoms with van der Waals surface area (Å²) in [6.07, 6.45) is 2.86. The molecule has 0 spiro atoms. The minimum Gasteiger partial charge on any atom is -0.481 e. The quantitative estimate of drug-likeness (QED) is 0.487. The molecule has 0 unspecified atom stereocenters. The summed E-state index contributed by atoms with van der Waals surface area (Å²) in [6.45, 7) is 3.87. The number of pyridine rings is 3. The van der Waals surface area contributed by atoms with Crippen LogP contribution in [0.5, 0.6) is 11.6 Å². The number of hydrogen-bond acceptors (Lipinski definition) is 8. The zero-order valence-electron chi connectivity index (χ0n) is 19.3. The fraction of sp³-hybridized carbons (Fsp3) is 0.417. The maximum Gasteiger partial charge on any atom is 0.263 e. The maximum absolute atomic E-state index is 14.6. The molecule has 0 aromatic carbocycles. The van der Waals surface area contributed by atoms with Gasteiger partial charge in [0.15, 0.2) is 18.2 Å². The number of carbonyl (C=O) groups is 1. The second-order valence-corrected chi connectivity index (χ2v) is 9.15. The van der Waals surface area contributed by atoms with Crippen molar-refractivity contribution in [2.24, 2.45) is 5.92 Å². The first-order valence-corrected chi connectivity index (χ1v) is 11.9. The molecular formula is C24H26ClFN6O3. The predicted octanol–water partition coefficient (Wildman–Crippen LogP) is 2.81. The van der Waals surface area contributed by atoms with E-state index in [9.17, 15) is 9.18 Å². The molecule has 0 radical (unpaired) electrons. The van der Waals surface area contributed by atoms with E-state index < -0.39 is 0 Å². The number of hydrogen-bond donors (Lipinski definition) is 2. The van der Waals surface area contributed by atoms with E-state index in [1.165, 1.54) is 6.20 Å². The number of nitrogens with one attached hydrogen (secondary N) is 2. The molecule has 0 bridgehead atoms. The Labute approximate surface area is 207 Å². The van der Waals surface area contributed by atoms with Crippen molar-refractivity contribution in [2.45, 2.75) is 19.4 Å². The van der Waals surface area contributed by atoms with E-state index in [0.717, 1.165) is 32.6 Å². The van der Waals surface area contributed by atoms with Gasteiger partial charge in [0.1, 0.15) is 5.82 Å². The van der Waals surface area contributed by atoms with Gasteiger partial charge in [-0.05, 0) is 37.9 Å². The van der Waals surface area contributed by atoms with E-state index in [-0.39, 0.29) is 18.3 Å². The van der Waals surface area contributed by atoms with Crippen LogP contribution in [0.2, 0.25) is 5.02 Å². The minimum absolute atomic E-state index is 0.0322. The predicted molar refractivity (Wildman–Crippen MR) is 129 cm³/mol. The molecule has 3 aromatic rings. The van der Waals surface area contributed by atoms with Crippen molar-refractivity contribution >= 4 is 34.4 Å². The number of halogens is 2. The fourth-order valence-corrected chi connectivity index (χ4v) is 4.73. The van der Waals surface area contributed by atoms with Crippen molar-refractivity contribution in [3.63, 3.8) is 0 Å². The number of amides is 1. The molecule has 0 saturated carbocycles. The molecule has 184 valence electrons. The van der Waals surface area contributed by atoms with Crippen molar-refractivity contribution in [3.05, 3.63) is 46.5 Å². The van der Waals surface area contributed by atoms with Gasteiger partial charge in [-0.2, -0.15) is 0 Å². The van der Waals surface area contributed by atoms with Gasteiger partial charge in [0.05, 0.1) is 35.1 Å². The van der Waals surface area contributed by atoms with E-state index in [1.807, 2.05) is 0 Å². The number of likely N-dealkylation sites (tertiary alicyclic amines) is 1. The van der Waals surface area contributed by atoms with Crippen LogP contribution < -0.4 is 20.1 Å². The first kappa shape index (κ1) is 23.7. The van der Waals surface area contributed by atoms with Gasteiger partial charge >= 0.3 is 0 Å².